The zero-order valence-corrected chi connectivity index (χ0v) is 12.7. The van der Waals surface area contributed by atoms with Gasteiger partial charge in [-0.1, -0.05) is 17.3 Å². The van der Waals surface area contributed by atoms with Crippen molar-refractivity contribution in [2.75, 3.05) is 7.11 Å². The molecule has 0 aliphatic carbocycles. The Morgan fingerprint density at radius 1 is 1.25 bits per heavy atom. The van der Waals surface area contributed by atoms with Crippen LogP contribution in [-0.2, 0) is 11.5 Å². The van der Waals surface area contributed by atoms with E-state index in [9.17, 15) is 14.7 Å². The molecule has 8 nitrogen and oxygen atoms in total. The van der Waals surface area contributed by atoms with Crippen molar-refractivity contribution in [3.8, 4) is 11.5 Å². The van der Waals surface area contributed by atoms with Crippen LogP contribution < -0.4 is 10.3 Å². The number of nitrogens with zero attached hydrogens (tertiary/aromatic N) is 3. The maximum absolute atomic E-state index is 12.2. The van der Waals surface area contributed by atoms with E-state index >= 15 is 0 Å². The maximum Gasteiger partial charge on any atom is 0.343 e. The standard InChI is InChI=1S/C16H13N3O5/c1-23-10-6-7-14(20)12(8-10)16(22)24-9-19-15(21)11-4-2-3-5-13(11)17-18-19/h2-8,20H,9H2,1H3. The summed E-state index contributed by atoms with van der Waals surface area (Å²) < 4.78 is 11.0. The number of phenols is 1. The smallest absolute Gasteiger partial charge is 0.343 e. The van der Waals surface area contributed by atoms with Gasteiger partial charge >= 0.3 is 5.97 Å². The molecule has 1 heterocycles. The number of fused-ring (bicyclic) bond motifs is 1. The van der Waals surface area contributed by atoms with Crippen LogP contribution in [0.4, 0.5) is 0 Å². The summed E-state index contributed by atoms with van der Waals surface area (Å²) >= 11 is 0. The molecule has 0 bridgehead atoms. The number of aromatic nitrogens is 3. The quantitative estimate of drug-likeness (QED) is 0.721. The zero-order valence-electron chi connectivity index (χ0n) is 12.7. The summed E-state index contributed by atoms with van der Waals surface area (Å²) in [5.41, 5.74) is -0.0464. The molecule has 8 heteroatoms. The number of phenolic OH excluding ortho intramolecular Hbond substituents is 1. The van der Waals surface area contributed by atoms with Crippen molar-refractivity contribution in [1.29, 1.82) is 0 Å². The predicted molar refractivity (Wildman–Crippen MR) is 83.9 cm³/mol. The molecule has 0 saturated heterocycles. The molecule has 24 heavy (non-hydrogen) atoms. The summed E-state index contributed by atoms with van der Waals surface area (Å²) in [7, 11) is 1.44. The van der Waals surface area contributed by atoms with Crippen LogP contribution in [0, 0.1) is 0 Å². The average molecular weight is 327 g/mol. The molecule has 0 unspecified atom stereocenters. The van der Waals surface area contributed by atoms with Crippen molar-refractivity contribution in [3.05, 3.63) is 58.4 Å². The van der Waals surface area contributed by atoms with Gasteiger partial charge in [0.2, 0.25) is 0 Å². The molecule has 122 valence electrons. The van der Waals surface area contributed by atoms with Crippen LogP contribution in [0.2, 0.25) is 0 Å². The normalized spacial score (nSPS) is 10.5. The van der Waals surface area contributed by atoms with Gasteiger partial charge in [-0.15, -0.1) is 5.10 Å². The van der Waals surface area contributed by atoms with Gasteiger partial charge in [-0.3, -0.25) is 4.79 Å². The van der Waals surface area contributed by atoms with Crippen LogP contribution in [0.3, 0.4) is 0 Å². The van der Waals surface area contributed by atoms with Gasteiger partial charge in [0, 0.05) is 0 Å². The third-order valence-electron chi connectivity index (χ3n) is 3.37. The van der Waals surface area contributed by atoms with E-state index in [1.165, 1.54) is 25.3 Å². The number of rotatable bonds is 4. The number of benzene rings is 2. The lowest BCUT2D eigenvalue weighted by molar-refractivity contribution is 0.0332. The van der Waals surface area contributed by atoms with E-state index in [1.54, 1.807) is 24.3 Å². The molecule has 3 rings (SSSR count). The second kappa shape index (κ2) is 6.37. The van der Waals surface area contributed by atoms with E-state index in [-0.39, 0.29) is 11.3 Å². The van der Waals surface area contributed by atoms with Crippen LogP contribution in [0.25, 0.3) is 10.9 Å². The number of methoxy groups -OCH3 is 1. The van der Waals surface area contributed by atoms with Gasteiger partial charge in [-0.05, 0) is 30.3 Å². The fourth-order valence-electron chi connectivity index (χ4n) is 2.11. The van der Waals surface area contributed by atoms with Gasteiger partial charge in [-0.25, -0.2) is 4.79 Å². The van der Waals surface area contributed by atoms with Gasteiger partial charge in [0.1, 0.15) is 22.6 Å². The first-order valence-corrected chi connectivity index (χ1v) is 6.97. The highest BCUT2D eigenvalue weighted by molar-refractivity contribution is 5.92. The van der Waals surface area contributed by atoms with Crippen molar-refractivity contribution >= 4 is 16.9 Å². The zero-order chi connectivity index (χ0) is 17.1. The Morgan fingerprint density at radius 3 is 2.83 bits per heavy atom. The first-order chi connectivity index (χ1) is 11.6. The van der Waals surface area contributed by atoms with Crippen LogP contribution in [0.5, 0.6) is 11.5 Å². The van der Waals surface area contributed by atoms with E-state index in [0.717, 1.165) is 4.68 Å². The fraction of sp³-hybridized carbons (Fsp3) is 0.125. The van der Waals surface area contributed by atoms with Crippen molar-refractivity contribution < 1.29 is 19.4 Å². The number of aromatic hydroxyl groups is 1. The van der Waals surface area contributed by atoms with Crippen LogP contribution in [0.1, 0.15) is 10.4 Å². The molecular formula is C16H13N3O5. The number of carbonyl (C=O) groups excluding carboxylic acids is 1. The first kappa shape index (κ1) is 15.5. The molecule has 1 N–H and O–H groups in total. The van der Waals surface area contributed by atoms with Crippen molar-refractivity contribution in [3.63, 3.8) is 0 Å². The Hall–Kier alpha value is -3.42. The third kappa shape index (κ3) is 2.89. The van der Waals surface area contributed by atoms with Crippen molar-refractivity contribution in [2.24, 2.45) is 0 Å². The lowest BCUT2D eigenvalue weighted by Crippen LogP contribution is -2.26. The Bertz CT molecular complexity index is 967. The number of carbonyl (C=O) groups is 1. The van der Waals surface area contributed by atoms with Crippen LogP contribution in [-0.4, -0.2) is 33.2 Å². The minimum absolute atomic E-state index is 0.0730. The predicted octanol–water partition coefficient (Wildman–Crippen LogP) is 1.32. The Labute approximate surface area is 135 Å². The summed E-state index contributed by atoms with van der Waals surface area (Å²) in [6, 6.07) is 10.9. The van der Waals surface area contributed by atoms with E-state index < -0.39 is 18.3 Å². The van der Waals surface area contributed by atoms with Crippen molar-refractivity contribution in [1.82, 2.24) is 15.0 Å². The molecule has 0 atom stereocenters. The minimum Gasteiger partial charge on any atom is -0.507 e. The summed E-state index contributed by atoms with van der Waals surface area (Å²) in [5.74, 6) is -0.673. The molecule has 3 aromatic rings. The molecule has 0 amide bonds. The number of hydrogen-bond acceptors (Lipinski definition) is 7. The fourth-order valence-corrected chi connectivity index (χ4v) is 2.11. The SMILES string of the molecule is COc1ccc(O)c(C(=O)OCn2nnc3ccccc3c2=O)c1. The second-order valence-electron chi connectivity index (χ2n) is 4.86. The highest BCUT2D eigenvalue weighted by Crippen LogP contribution is 2.23. The topological polar surface area (TPSA) is 104 Å². The molecule has 0 radical (unpaired) electrons. The van der Waals surface area contributed by atoms with Crippen LogP contribution in [0.15, 0.2) is 47.3 Å². The highest BCUT2D eigenvalue weighted by Gasteiger charge is 2.15. The lowest BCUT2D eigenvalue weighted by atomic mass is 10.2. The molecule has 0 fully saturated rings. The van der Waals surface area contributed by atoms with Gasteiger partial charge in [-0.2, -0.15) is 4.68 Å². The first-order valence-electron chi connectivity index (χ1n) is 6.97. The molecule has 0 saturated carbocycles. The summed E-state index contributed by atoms with van der Waals surface area (Å²) in [6.07, 6.45) is 0. The van der Waals surface area contributed by atoms with Crippen molar-refractivity contribution in [2.45, 2.75) is 6.73 Å². The molecule has 0 aliphatic heterocycles. The van der Waals surface area contributed by atoms with Gasteiger partial charge in [0.05, 0.1) is 12.5 Å². The summed E-state index contributed by atoms with van der Waals surface area (Å²) in [5, 5.41) is 17.7. The molecule has 0 aliphatic rings. The lowest BCUT2D eigenvalue weighted by Gasteiger charge is -2.08. The molecule has 0 spiro atoms. The Morgan fingerprint density at radius 2 is 2.04 bits per heavy atom. The van der Waals surface area contributed by atoms with Gasteiger partial charge in [0.25, 0.3) is 5.56 Å². The summed E-state index contributed by atoms with van der Waals surface area (Å²) in [6.45, 7) is -0.424. The highest BCUT2D eigenvalue weighted by atomic mass is 16.5. The number of esters is 1. The van der Waals surface area contributed by atoms with E-state index in [1.807, 2.05) is 0 Å². The minimum atomic E-state index is -0.812. The monoisotopic (exact) mass is 327 g/mol. The molecular weight excluding hydrogens is 314 g/mol. The second-order valence-corrected chi connectivity index (χ2v) is 4.86. The number of ether oxygens (including phenoxy) is 2. The van der Waals surface area contributed by atoms with Crippen LogP contribution >= 0.6 is 0 Å². The maximum atomic E-state index is 12.2. The van der Waals surface area contributed by atoms with E-state index in [0.29, 0.717) is 16.7 Å². The Kier molecular flexibility index (Phi) is 4.11. The molecule has 1 aromatic heterocycles. The Balaban J connectivity index is 1.82. The van der Waals surface area contributed by atoms with E-state index in [4.69, 9.17) is 9.47 Å². The van der Waals surface area contributed by atoms with Gasteiger partial charge in [0.15, 0.2) is 6.73 Å². The largest absolute Gasteiger partial charge is 0.507 e. The van der Waals surface area contributed by atoms with Gasteiger partial charge < -0.3 is 14.6 Å². The molecule has 2 aromatic carbocycles. The number of hydrogen-bond donors (Lipinski definition) is 1. The van der Waals surface area contributed by atoms with E-state index in [2.05, 4.69) is 10.3 Å². The summed E-state index contributed by atoms with van der Waals surface area (Å²) in [4.78, 5) is 24.3. The average Bonchev–Trinajstić information content (AvgIpc) is 2.61. The third-order valence-corrected chi connectivity index (χ3v) is 3.37.